The quantitative estimate of drug-likeness (QED) is 0.827. The van der Waals surface area contributed by atoms with E-state index in [0.717, 1.165) is 0 Å². The molecule has 0 bridgehead atoms. The van der Waals surface area contributed by atoms with Crippen LogP contribution in [0.5, 0.6) is 17.2 Å². The van der Waals surface area contributed by atoms with Gasteiger partial charge in [-0.2, -0.15) is 0 Å². The highest BCUT2D eigenvalue weighted by Gasteiger charge is 2.33. The zero-order chi connectivity index (χ0) is 19.8. The third kappa shape index (κ3) is 3.18. The normalized spacial score (nSPS) is 17.0. The number of carbonyl (C=O) groups is 3. The summed E-state index contributed by atoms with van der Waals surface area (Å²) in [5, 5.41) is 11.9. The van der Waals surface area contributed by atoms with Gasteiger partial charge in [0, 0.05) is 11.8 Å². The monoisotopic (exact) mass is 384 g/mol. The Morgan fingerprint density at radius 3 is 2.68 bits per heavy atom. The van der Waals surface area contributed by atoms with Gasteiger partial charge in [0.1, 0.15) is 12.3 Å². The molecule has 0 radical (unpaired) electrons. The molecule has 0 aliphatic carbocycles. The zero-order valence-corrected chi connectivity index (χ0v) is 14.8. The maximum Gasteiger partial charge on any atom is 0.335 e. The van der Waals surface area contributed by atoms with Gasteiger partial charge >= 0.3 is 5.97 Å². The van der Waals surface area contributed by atoms with Crippen molar-refractivity contribution in [3.05, 3.63) is 42.0 Å². The van der Waals surface area contributed by atoms with Gasteiger partial charge in [-0.1, -0.05) is 0 Å². The Morgan fingerprint density at radius 1 is 1.14 bits per heavy atom. The first kappa shape index (κ1) is 17.7. The van der Waals surface area contributed by atoms with E-state index in [1.165, 1.54) is 23.1 Å². The van der Waals surface area contributed by atoms with E-state index in [9.17, 15) is 19.5 Å². The van der Waals surface area contributed by atoms with Gasteiger partial charge in [-0.05, 0) is 37.3 Å². The van der Waals surface area contributed by atoms with Crippen molar-refractivity contribution in [2.75, 3.05) is 23.6 Å². The molecule has 2 aromatic rings. The van der Waals surface area contributed by atoms with Crippen LogP contribution in [0.1, 0.15) is 17.3 Å². The summed E-state index contributed by atoms with van der Waals surface area (Å²) in [4.78, 5) is 37.5. The first-order chi connectivity index (χ1) is 13.4. The maximum atomic E-state index is 12.5. The third-order valence-electron chi connectivity index (χ3n) is 4.37. The van der Waals surface area contributed by atoms with Crippen molar-refractivity contribution in [1.29, 1.82) is 0 Å². The summed E-state index contributed by atoms with van der Waals surface area (Å²) < 4.78 is 16.0. The number of rotatable bonds is 4. The Balaban J connectivity index is 1.56. The lowest BCUT2D eigenvalue weighted by Crippen LogP contribution is -2.47. The van der Waals surface area contributed by atoms with Crippen molar-refractivity contribution in [2.45, 2.75) is 13.0 Å². The lowest BCUT2D eigenvalue weighted by molar-refractivity contribution is -0.127. The summed E-state index contributed by atoms with van der Waals surface area (Å²) in [6, 6.07) is 9.13. The minimum atomic E-state index is -1.14. The third-order valence-corrected chi connectivity index (χ3v) is 4.37. The van der Waals surface area contributed by atoms with Crippen LogP contribution in [-0.4, -0.2) is 42.3 Å². The predicted octanol–water partition coefficient (Wildman–Crippen LogP) is 1.87. The highest BCUT2D eigenvalue weighted by Crippen LogP contribution is 2.36. The van der Waals surface area contributed by atoms with E-state index in [1.807, 2.05) is 0 Å². The van der Waals surface area contributed by atoms with Gasteiger partial charge in [0.2, 0.25) is 12.7 Å². The van der Waals surface area contributed by atoms with E-state index in [4.69, 9.17) is 14.2 Å². The second-order valence-electron chi connectivity index (χ2n) is 6.29. The highest BCUT2D eigenvalue weighted by molar-refractivity contribution is 6.07. The molecule has 2 aliphatic heterocycles. The van der Waals surface area contributed by atoms with Crippen LogP contribution in [0, 0.1) is 0 Å². The molecule has 0 aromatic heterocycles. The standard InChI is InChI=1S/C19H16N2O7/c1-10-18(23)21(13-6-11(19(24)25)2-4-14(13)28-10)8-17(22)20-12-3-5-15-16(7-12)27-9-26-15/h2-7,10H,8-9H2,1H3,(H,20,22)(H,24,25). The molecule has 4 rings (SSSR count). The van der Waals surface area contributed by atoms with Crippen molar-refractivity contribution in [1.82, 2.24) is 0 Å². The van der Waals surface area contributed by atoms with Crippen molar-refractivity contribution >= 4 is 29.2 Å². The Bertz CT molecular complexity index is 988. The van der Waals surface area contributed by atoms with E-state index >= 15 is 0 Å². The van der Waals surface area contributed by atoms with Gasteiger partial charge in [0.25, 0.3) is 5.91 Å². The van der Waals surface area contributed by atoms with Gasteiger partial charge in [0.05, 0.1) is 11.3 Å². The van der Waals surface area contributed by atoms with Crippen LogP contribution in [-0.2, 0) is 9.59 Å². The number of carboxylic acids is 1. The second kappa shape index (κ2) is 6.76. The molecule has 0 saturated heterocycles. The fourth-order valence-electron chi connectivity index (χ4n) is 3.02. The van der Waals surface area contributed by atoms with Crippen molar-refractivity contribution in [3.63, 3.8) is 0 Å². The number of nitrogens with one attached hydrogen (secondary N) is 1. The van der Waals surface area contributed by atoms with Crippen LogP contribution in [0.4, 0.5) is 11.4 Å². The van der Waals surface area contributed by atoms with Crippen LogP contribution in [0.2, 0.25) is 0 Å². The number of carboxylic acid groups (broad SMARTS) is 1. The van der Waals surface area contributed by atoms with Gasteiger partial charge in [0.15, 0.2) is 17.6 Å². The number of ether oxygens (including phenoxy) is 3. The molecule has 2 heterocycles. The topological polar surface area (TPSA) is 114 Å². The number of fused-ring (bicyclic) bond motifs is 2. The first-order valence-electron chi connectivity index (χ1n) is 8.47. The summed E-state index contributed by atoms with van der Waals surface area (Å²) in [7, 11) is 0. The van der Waals surface area contributed by atoms with E-state index in [1.54, 1.807) is 25.1 Å². The van der Waals surface area contributed by atoms with Crippen LogP contribution >= 0.6 is 0 Å². The van der Waals surface area contributed by atoms with Gasteiger partial charge < -0.3 is 24.6 Å². The highest BCUT2D eigenvalue weighted by atomic mass is 16.7. The molecule has 1 unspecified atom stereocenters. The smallest absolute Gasteiger partial charge is 0.335 e. The molecular formula is C19H16N2O7. The molecule has 28 heavy (non-hydrogen) atoms. The van der Waals surface area contributed by atoms with Crippen LogP contribution in [0.3, 0.4) is 0 Å². The minimum Gasteiger partial charge on any atom is -0.479 e. The van der Waals surface area contributed by atoms with E-state index in [-0.39, 0.29) is 24.6 Å². The lowest BCUT2D eigenvalue weighted by atomic mass is 10.1. The first-order valence-corrected chi connectivity index (χ1v) is 8.47. The average molecular weight is 384 g/mol. The Labute approximate surface area is 159 Å². The van der Waals surface area contributed by atoms with E-state index in [2.05, 4.69) is 5.32 Å². The molecule has 9 heteroatoms. The minimum absolute atomic E-state index is 0.00844. The van der Waals surface area contributed by atoms with Crippen LogP contribution in [0.25, 0.3) is 0 Å². The van der Waals surface area contributed by atoms with Crippen molar-refractivity contribution < 1.29 is 33.7 Å². The molecule has 144 valence electrons. The van der Waals surface area contributed by atoms with Crippen LogP contribution in [0.15, 0.2) is 36.4 Å². The molecule has 0 saturated carbocycles. The second-order valence-corrected chi connectivity index (χ2v) is 6.29. The fourth-order valence-corrected chi connectivity index (χ4v) is 3.02. The molecule has 0 spiro atoms. The molecule has 1 atom stereocenters. The van der Waals surface area contributed by atoms with E-state index < -0.39 is 23.9 Å². The zero-order valence-electron chi connectivity index (χ0n) is 14.8. The fraction of sp³-hybridized carbons (Fsp3) is 0.211. The number of carbonyl (C=O) groups excluding carboxylic acids is 2. The lowest BCUT2D eigenvalue weighted by Gasteiger charge is -2.32. The molecule has 2 amide bonds. The molecular weight excluding hydrogens is 368 g/mol. The molecule has 2 aromatic carbocycles. The van der Waals surface area contributed by atoms with Crippen molar-refractivity contribution in [2.24, 2.45) is 0 Å². The Kier molecular flexibility index (Phi) is 4.26. The predicted molar refractivity (Wildman–Crippen MR) is 97.0 cm³/mol. The van der Waals surface area contributed by atoms with Gasteiger partial charge in [-0.25, -0.2) is 4.79 Å². The number of anilines is 2. The molecule has 2 N–H and O–H groups in total. The summed E-state index contributed by atoms with van der Waals surface area (Å²) in [5.74, 6) is -0.578. The summed E-state index contributed by atoms with van der Waals surface area (Å²) >= 11 is 0. The Hall–Kier alpha value is -3.75. The summed E-state index contributed by atoms with van der Waals surface area (Å²) in [5.41, 5.74) is 0.720. The van der Waals surface area contributed by atoms with E-state index in [0.29, 0.717) is 22.9 Å². The number of amides is 2. The SMILES string of the molecule is CC1Oc2ccc(C(=O)O)cc2N(CC(=O)Nc2ccc3c(c2)OCO3)C1=O. The Morgan fingerprint density at radius 2 is 1.89 bits per heavy atom. The van der Waals surface area contributed by atoms with Crippen molar-refractivity contribution in [3.8, 4) is 17.2 Å². The average Bonchev–Trinajstić information content (AvgIpc) is 3.12. The number of aromatic carboxylic acids is 1. The molecule has 0 fully saturated rings. The number of hydrogen-bond donors (Lipinski definition) is 2. The number of nitrogens with zero attached hydrogens (tertiary/aromatic N) is 1. The molecule has 9 nitrogen and oxygen atoms in total. The number of hydrogen-bond acceptors (Lipinski definition) is 6. The van der Waals surface area contributed by atoms with Crippen LogP contribution < -0.4 is 24.4 Å². The summed E-state index contributed by atoms with van der Waals surface area (Å²) in [6.07, 6.45) is -0.790. The maximum absolute atomic E-state index is 12.5. The van der Waals surface area contributed by atoms with Gasteiger partial charge in [-0.15, -0.1) is 0 Å². The van der Waals surface area contributed by atoms with Gasteiger partial charge in [-0.3, -0.25) is 14.5 Å². The largest absolute Gasteiger partial charge is 0.479 e. The molecule has 2 aliphatic rings. The summed E-state index contributed by atoms with van der Waals surface area (Å²) in [6.45, 7) is 1.39. The number of benzene rings is 2.